The molecule has 0 N–H and O–H groups in total. The van der Waals surface area contributed by atoms with E-state index >= 15 is 0 Å². The van der Waals surface area contributed by atoms with E-state index in [1.54, 1.807) is 6.20 Å². The number of fused-ring (bicyclic) bond motifs is 1. The van der Waals surface area contributed by atoms with Crippen molar-refractivity contribution >= 4 is 32.1 Å². The van der Waals surface area contributed by atoms with E-state index in [0.717, 1.165) is 20.5 Å². The fraction of sp³-hybridized carbons (Fsp3) is 0. The van der Waals surface area contributed by atoms with Gasteiger partial charge in [0.15, 0.2) is 0 Å². The molecule has 4 heteroatoms. The van der Waals surface area contributed by atoms with Gasteiger partial charge in [0, 0.05) is 27.4 Å². The first kappa shape index (κ1) is 9.69. The molecule has 0 atom stereocenters. The van der Waals surface area contributed by atoms with Crippen molar-refractivity contribution in [3.8, 4) is 11.1 Å². The fourth-order valence-corrected chi connectivity index (χ4v) is 3.55. The van der Waals surface area contributed by atoms with Gasteiger partial charge in [-0.2, -0.15) is 0 Å². The van der Waals surface area contributed by atoms with Crippen molar-refractivity contribution in [3.05, 3.63) is 51.6 Å². The number of pyridine rings is 1. The van der Waals surface area contributed by atoms with Crippen molar-refractivity contribution < 1.29 is 0 Å². The van der Waals surface area contributed by atoms with Crippen LogP contribution in [0.1, 0.15) is 0 Å². The fourth-order valence-electron chi connectivity index (χ4n) is 1.59. The highest BCUT2D eigenvalue weighted by Crippen LogP contribution is 2.27. The Morgan fingerprint density at radius 3 is 2.69 bits per heavy atom. The molecule has 78 valence electrons. The van der Waals surface area contributed by atoms with Crippen molar-refractivity contribution in [2.75, 3.05) is 0 Å². The van der Waals surface area contributed by atoms with Gasteiger partial charge < -0.3 is 0 Å². The molecule has 2 heterocycles. The van der Waals surface area contributed by atoms with Crippen molar-refractivity contribution in [2.45, 2.75) is 0 Å². The minimum Gasteiger partial charge on any atom is -0.265 e. The van der Waals surface area contributed by atoms with Crippen LogP contribution in [0.15, 0.2) is 47.5 Å². The average molecular weight is 245 g/mol. The second kappa shape index (κ2) is 3.81. The summed E-state index contributed by atoms with van der Waals surface area (Å²) >= 11 is 2.61. The lowest BCUT2D eigenvalue weighted by molar-refractivity contribution is 1.33. The number of nitrogens with zero attached hydrogens (tertiary/aromatic N) is 1. The van der Waals surface area contributed by atoms with E-state index in [1.807, 2.05) is 30.5 Å². The Kier molecular flexibility index (Phi) is 2.31. The van der Waals surface area contributed by atoms with Gasteiger partial charge >= 0.3 is 0 Å². The maximum Gasteiger partial charge on any atom is 0.288 e. The zero-order chi connectivity index (χ0) is 11.0. The predicted octanol–water partition coefficient (Wildman–Crippen LogP) is 3.39. The monoisotopic (exact) mass is 245 g/mol. The highest BCUT2D eigenvalue weighted by Gasteiger charge is 2.02. The molecular formula is C12H7NOS2. The van der Waals surface area contributed by atoms with Crippen molar-refractivity contribution in [1.82, 2.24) is 4.98 Å². The van der Waals surface area contributed by atoms with Gasteiger partial charge in [0.25, 0.3) is 4.06 Å². The summed E-state index contributed by atoms with van der Waals surface area (Å²) < 4.78 is 2.26. The molecule has 0 saturated heterocycles. The van der Waals surface area contributed by atoms with Gasteiger partial charge in [-0.25, -0.2) is 0 Å². The molecule has 0 saturated carbocycles. The van der Waals surface area contributed by atoms with Crippen LogP contribution in [0.2, 0.25) is 0 Å². The van der Waals surface area contributed by atoms with E-state index in [4.69, 9.17) is 0 Å². The second-order valence-electron chi connectivity index (χ2n) is 3.36. The number of rotatable bonds is 1. The van der Waals surface area contributed by atoms with Crippen LogP contribution in [0.4, 0.5) is 0 Å². The summed E-state index contributed by atoms with van der Waals surface area (Å²) in [5, 5.41) is 0. The van der Waals surface area contributed by atoms with E-state index in [2.05, 4.69) is 11.1 Å². The lowest BCUT2D eigenvalue weighted by Crippen LogP contribution is -1.77. The highest BCUT2D eigenvalue weighted by molar-refractivity contribution is 7.35. The molecule has 0 aliphatic rings. The van der Waals surface area contributed by atoms with E-state index in [9.17, 15) is 4.79 Å². The van der Waals surface area contributed by atoms with Gasteiger partial charge in [0.1, 0.15) is 0 Å². The largest absolute Gasteiger partial charge is 0.288 e. The van der Waals surface area contributed by atoms with Gasteiger partial charge in [-0.05, 0) is 23.8 Å². The summed E-state index contributed by atoms with van der Waals surface area (Å²) in [6.07, 6.45) is 3.58. The summed E-state index contributed by atoms with van der Waals surface area (Å²) in [5.41, 5.74) is 2.19. The quantitative estimate of drug-likeness (QED) is 0.658. The summed E-state index contributed by atoms with van der Waals surface area (Å²) in [6, 6.07) is 10.0. The number of hydrogen-bond donors (Lipinski definition) is 0. The molecule has 1 aromatic carbocycles. The smallest absolute Gasteiger partial charge is 0.265 e. The van der Waals surface area contributed by atoms with Crippen molar-refractivity contribution in [3.63, 3.8) is 0 Å². The molecule has 0 aliphatic carbocycles. The van der Waals surface area contributed by atoms with Crippen LogP contribution in [0, 0.1) is 0 Å². The Morgan fingerprint density at radius 2 is 1.88 bits per heavy atom. The Bertz CT molecular complexity index is 685. The summed E-state index contributed by atoms with van der Waals surface area (Å²) in [6.45, 7) is 0. The maximum absolute atomic E-state index is 11.3. The highest BCUT2D eigenvalue weighted by atomic mass is 32.2. The minimum absolute atomic E-state index is 0.151. The summed E-state index contributed by atoms with van der Waals surface area (Å²) in [4.78, 5) is 15.4. The third-order valence-electron chi connectivity index (χ3n) is 2.33. The maximum atomic E-state index is 11.3. The molecule has 3 rings (SSSR count). The van der Waals surface area contributed by atoms with Gasteiger partial charge in [0.05, 0.1) is 0 Å². The lowest BCUT2D eigenvalue weighted by atomic mass is 10.1. The standard InChI is InChI=1S/C12H7NOS2/c14-12-15-10-4-3-8(6-11(10)16-12)9-2-1-5-13-7-9/h1-7H. The zero-order valence-corrected chi connectivity index (χ0v) is 9.85. The molecule has 0 amide bonds. The molecule has 0 radical (unpaired) electrons. The first-order valence-corrected chi connectivity index (χ1v) is 6.40. The SMILES string of the molecule is O=c1sc2ccc(-c3cccnc3)cc2s1. The normalized spacial score (nSPS) is 10.8. The third kappa shape index (κ3) is 1.66. The van der Waals surface area contributed by atoms with E-state index in [0.29, 0.717) is 0 Å². The first-order valence-electron chi connectivity index (χ1n) is 4.77. The molecule has 16 heavy (non-hydrogen) atoms. The predicted molar refractivity (Wildman–Crippen MR) is 69.2 cm³/mol. The first-order chi connectivity index (χ1) is 7.83. The van der Waals surface area contributed by atoms with Crippen LogP contribution >= 0.6 is 22.7 Å². The number of benzene rings is 1. The molecule has 0 fully saturated rings. The van der Waals surface area contributed by atoms with E-state index in [-0.39, 0.29) is 4.06 Å². The number of hydrogen-bond acceptors (Lipinski definition) is 4. The molecule has 3 aromatic rings. The van der Waals surface area contributed by atoms with Gasteiger partial charge in [-0.15, -0.1) is 0 Å². The van der Waals surface area contributed by atoms with E-state index < -0.39 is 0 Å². The topological polar surface area (TPSA) is 30.0 Å². The van der Waals surface area contributed by atoms with Crippen LogP contribution in [-0.2, 0) is 0 Å². The van der Waals surface area contributed by atoms with Crippen molar-refractivity contribution in [1.29, 1.82) is 0 Å². The molecular weight excluding hydrogens is 238 g/mol. The third-order valence-corrected chi connectivity index (χ3v) is 4.42. The molecule has 2 nitrogen and oxygen atoms in total. The Balaban J connectivity index is 2.22. The van der Waals surface area contributed by atoms with Crippen molar-refractivity contribution in [2.24, 2.45) is 0 Å². The van der Waals surface area contributed by atoms with Crippen LogP contribution in [-0.4, -0.2) is 4.98 Å². The van der Waals surface area contributed by atoms with Gasteiger partial charge in [-0.3, -0.25) is 9.78 Å². The minimum atomic E-state index is 0.151. The molecule has 0 bridgehead atoms. The van der Waals surface area contributed by atoms with Gasteiger partial charge in [0.2, 0.25) is 0 Å². The molecule has 2 aromatic heterocycles. The molecule has 0 aliphatic heterocycles. The van der Waals surface area contributed by atoms with Gasteiger partial charge in [-0.1, -0.05) is 34.8 Å². The Labute approximate surface area is 99.8 Å². The van der Waals surface area contributed by atoms with Crippen LogP contribution in [0.3, 0.4) is 0 Å². The van der Waals surface area contributed by atoms with Crippen LogP contribution in [0.5, 0.6) is 0 Å². The summed E-state index contributed by atoms with van der Waals surface area (Å²) in [7, 11) is 0. The molecule has 0 unspecified atom stereocenters. The average Bonchev–Trinajstić information content (AvgIpc) is 2.69. The Hall–Kier alpha value is -1.52. The number of aromatic nitrogens is 1. The summed E-state index contributed by atoms with van der Waals surface area (Å²) in [5.74, 6) is 0. The van der Waals surface area contributed by atoms with E-state index in [1.165, 1.54) is 22.7 Å². The van der Waals surface area contributed by atoms with Crippen LogP contribution < -0.4 is 4.06 Å². The zero-order valence-electron chi connectivity index (χ0n) is 8.21. The molecule has 0 spiro atoms. The lowest BCUT2D eigenvalue weighted by Gasteiger charge is -1.99. The van der Waals surface area contributed by atoms with Crippen LogP contribution in [0.25, 0.3) is 20.5 Å². The Morgan fingerprint density at radius 1 is 1.00 bits per heavy atom. The second-order valence-corrected chi connectivity index (χ2v) is 5.65.